The number of amides is 1. The Morgan fingerprint density at radius 1 is 1.55 bits per heavy atom. The van der Waals surface area contributed by atoms with Gasteiger partial charge in [-0.25, -0.2) is 9.78 Å². The predicted octanol–water partition coefficient (Wildman–Crippen LogP) is -0.227. The van der Waals surface area contributed by atoms with Crippen LogP contribution in [0.5, 0.6) is 0 Å². The quantitative estimate of drug-likeness (QED) is 0.559. The van der Waals surface area contributed by atoms with E-state index in [-0.39, 0.29) is 6.54 Å². The Kier molecular flexibility index (Phi) is 4.15. The van der Waals surface area contributed by atoms with E-state index in [0.29, 0.717) is 24.5 Å². The Morgan fingerprint density at radius 3 is 2.90 bits per heavy atom. The van der Waals surface area contributed by atoms with Crippen molar-refractivity contribution in [1.82, 2.24) is 9.88 Å². The van der Waals surface area contributed by atoms with Gasteiger partial charge in [0, 0.05) is 19.3 Å². The van der Waals surface area contributed by atoms with Crippen LogP contribution in [0.1, 0.15) is 5.56 Å². The molecule has 1 aliphatic heterocycles. The first-order valence-electron chi connectivity index (χ1n) is 6.09. The summed E-state index contributed by atoms with van der Waals surface area (Å²) in [4.78, 5) is 30.2. The van der Waals surface area contributed by atoms with Crippen LogP contribution in [-0.2, 0) is 14.3 Å². The molecule has 20 heavy (non-hydrogen) atoms. The summed E-state index contributed by atoms with van der Waals surface area (Å²) >= 11 is 0. The molecule has 1 aliphatic rings. The highest BCUT2D eigenvalue weighted by Crippen LogP contribution is 2.19. The SMILES string of the molecule is COC(=O)C1CN(C=O)CCN1c1ccc(C#N)cn1. The van der Waals surface area contributed by atoms with Crippen molar-refractivity contribution >= 4 is 18.2 Å². The first-order valence-corrected chi connectivity index (χ1v) is 6.09. The second-order valence-corrected chi connectivity index (χ2v) is 4.35. The van der Waals surface area contributed by atoms with Crippen LogP contribution in [0.25, 0.3) is 0 Å². The molecule has 1 saturated heterocycles. The average molecular weight is 274 g/mol. The van der Waals surface area contributed by atoms with Crippen LogP contribution in [0, 0.1) is 11.3 Å². The van der Waals surface area contributed by atoms with Crippen molar-refractivity contribution in [2.24, 2.45) is 0 Å². The second-order valence-electron chi connectivity index (χ2n) is 4.35. The zero-order valence-electron chi connectivity index (χ0n) is 11.0. The molecule has 1 atom stereocenters. The number of nitriles is 1. The van der Waals surface area contributed by atoms with E-state index >= 15 is 0 Å². The largest absolute Gasteiger partial charge is 0.467 e. The Bertz CT molecular complexity index is 538. The van der Waals surface area contributed by atoms with Crippen LogP contribution in [0.2, 0.25) is 0 Å². The van der Waals surface area contributed by atoms with Crippen molar-refractivity contribution in [3.8, 4) is 6.07 Å². The summed E-state index contributed by atoms with van der Waals surface area (Å²) in [6.07, 6.45) is 2.18. The summed E-state index contributed by atoms with van der Waals surface area (Å²) in [6.45, 7) is 1.26. The fourth-order valence-electron chi connectivity index (χ4n) is 2.13. The number of pyridine rings is 1. The molecule has 7 nitrogen and oxygen atoms in total. The maximum atomic E-state index is 11.8. The smallest absolute Gasteiger partial charge is 0.330 e. The van der Waals surface area contributed by atoms with Crippen LogP contribution in [0.3, 0.4) is 0 Å². The molecule has 7 heteroatoms. The number of carbonyl (C=O) groups is 2. The fraction of sp³-hybridized carbons (Fsp3) is 0.385. The van der Waals surface area contributed by atoms with E-state index in [4.69, 9.17) is 10.00 Å². The van der Waals surface area contributed by atoms with E-state index in [1.54, 1.807) is 17.0 Å². The maximum Gasteiger partial charge on any atom is 0.330 e. The summed E-state index contributed by atoms with van der Waals surface area (Å²) in [5.74, 6) is 0.174. The van der Waals surface area contributed by atoms with Crippen LogP contribution >= 0.6 is 0 Å². The number of hydrogen-bond acceptors (Lipinski definition) is 6. The highest BCUT2D eigenvalue weighted by Gasteiger charge is 2.33. The van der Waals surface area contributed by atoms with E-state index in [0.717, 1.165) is 6.41 Å². The second kappa shape index (κ2) is 6.02. The number of aromatic nitrogens is 1. The van der Waals surface area contributed by atoms with Gasteiger partial charge in [-0.2, -0.15) is 5.26 Å². The van der Waals surface area contributed by atoms with Gasteiger partial charge >= 0.3 is 5.97 Å². The van der Waals surface area contributed by atoms with Crippen LogP contribution < -0.4 is 4.90 Å². The van der Waals surface area contributed by atoms with Gasteiger partial charge in [0.1, 0.15) is 17.9 Å². The number of carbonyl (C=O) groups excluding carboxylic acids is 2. The molecule has 0 N–H and O–H groups in total. The highest BCUT2D eigenvalue weighted by molar-refractivity contribution is 5.80. The van der Waals surface area contributed by atoms with Crippen LogP contribution in [-0.4, -0.2) is 55.0 Å². The third-order valence-electron chi connectivity index (χ3n) is 3.21. The van der Waals surface area contributed by atoms with Gasteiger partial charge in [0.2, 0.25) is 6.41 Å². The Labute approximate surface area is 116 Å². The molecule has 1 aromatic heterocycles. The molecule has 104 valence electrons. The lowest BCUT2D eigenvalue weighted by molar-refractivity contribution is -0.143. The van der Waals surface area contributed by atoms with E-state index in [1.165, 1.54) is 18.2 Å². The van der Waals surface area contributed by atoms with E-state index < -0.39 is 12.0 Å². The Morgan fingerprint density at radius 2 is 2.35 bits per heavy atom. The predicted molar refractivity (Wildman–Crippen MR) is 69.7 cm³/mol. The third-order valence-corrected chi connectivity index (χ3v) is 3.21. The molecule has 0 spiro atoms. The van der Waals surface area contributed by atoms with Gasteiger partial charge in [-0.15, -0.1) is 0 Å². The topological polar surface area (TPSA) is 86.5 Å². The Balaban J connectivity index is 2.25. The minimum absolute atomic E-state index is 0.262. The number of hydrogen-bond donors (Lipinski definition) is 0. The van der Waals surface area contributed by atoms with Gasteiger partial charge in [-0.1, -0.05) is 0 Å². The average Bonchev–Trinajstić information content (AvgIpc) is 2.53. The Hall–Kier alpha value is -2.62. The van der Waals surface area contributed by atoms with Gasteiger partial charge < -0.3 is 14.5 Å². The summed E-state index contributed by atoms with van der Waals surface area (Å²) in [7, 11) is 1.31. The lowest BCUT2D eigenvalue weighted by atomic mass is 10.1. The molecular weight excluding hydrogens is 260 g/mol. The molecular formula is C13H14N4O3. The summed E-state index contributed by atoms with van der Waals surface area (Å²) in [5, 5.41) is 8.76. The minimum Gasteiger partial charge on any atom is -0.467 e. The number of methoxy groups -OCH3 is 1. The van der Waals surface area contributed by atoms with Crippen molar-refractivity contribution in [2.45, 2.75) is 6.04 Å². The highest BCUT2D eigenvalue weighted by atomic mass is 16.5. The lowest BCUT2D eigenvalue weighted by Crippen LogP contribution is -2.56. The molecule has 1 unspecified atom stereocenters. The van der Waals surface area contributed by atoms with Gasteiger partial charge in [-0.3, -0.25) is 4.79 Å². The number of rotatable bonds is 3. The molecule has 0 saturated carbocycles. The zero-order valence-corrected chi connectivity index (χ0v) is 11.0. The number of esters is 1. The van der Waals surface area contributed by atoms with Crippen LogP contribution in [0.4, 0.5) is 5.82 Å². The first kappa shape index (κ1) is 13.8. The normalized spacial score (nSPS) is 18.3. The van der Waals surface area contributed by atoms with Gasteiger partial charge in [-0.05, 0) is 12.1 Å². The molecule has 0 aliphatic carbocycles. The molecule has 2 heterocycles. The molecule has 0 bridgehead atoms. The third kappa shape index (κ3) is 2.69. The molecule has 1 amide bonds. The van der Waals surface area contributed by atoms with E-state index in [1.807, 2.05) is 6.07 Å². The number of anilines is 1. The monoisotopic (exact) mass is 274 g/mol. The van der Waals surface area contributed by atoms with E-state index in [2.05, 4.69) is 4.98 Å². The fourth-order valence-corrected chi connectivity index (χ4v) is 2.13. The molecule has 0 radical (unpaired) electrons. The minimum atomic E-state index is -0.584. The zero-order chi connectivity index (χ0) is 14.5. The standard InChI is InChI=1S/C13H14N4O3/c1-20-13(19)11-8-16(9-18)4-5-17(11)12-3-2-10(6-14)7-15-12/h2-3,7,9,11H,4-5,8H2,1H3. The number of piperazine rings is 1. The van der Waals surface area contributed by atoms with E-state index in [9.17, 15) is 9.59 Å². The van der Waals surface area contributed by atoms with Crippen molar-refractivity contribution in [3.05, 3.63) is 23.9 Å². The summed E-state index contributed by atoms with van der Waals surface area (Å²) in [5.41, 5.74) is 0.454. The van der Waals surface area contributed by atoms with Gasteiger partial charge in [0.15, 0.2) is 0 Å². The number of ether oxygens (including phenoxy) is 1. The summed E-state index contributed by atoms with van der Waals surface area (Å²) in [6, 6.07) is 4.73. The van der Waals surface area contributed by atoms with Gasteiger partial charge in [0.25, 0.3) is 0 Å². The molecule has 0 aromatic carbocycles. The lowest BCUT2D eigenvalue weighted by Gasteiger charge is -2.38. The van der Waals surface area contributed by atoms with Gasteiger partial charge in [0.05, 0.1) is 19.2 Å². The molecule has 2 rings (SSSR count). The van der Waals surface area contributed by atoms with Crippen molar-refractivity contribution < 1.29 is 14.3 Å². The molecule has 1 fully saturated rings. The maximum absolute atomic E-state index is 11.8. The van der Waals surface area contributed by atoms with Crippen molar-refractivity contribution in [1.29, 1.82) is 5.26 Å². The molecule has 1 aromatic rings. The van der Waals surface area contributed by atoms with Crippen LogP contribution in [0.15, 0.2) is 18.3 Å². The summed E-state index contributed by atoms with van der Waals surface area (Å²) < 4.78 is 4.78. The van der Waals surface area contributed by atoms with Crippen molar-refractivity contribution in [3.63, 3.8) is 0 Å². The number of nitrogens with zero attached hydrogens (tertiary/aromatic N) is 4. The van der Waals surface area contributed by atoms with Crippen molar-refractivity contribution in [2.75, 3.05) is 31.6 Å². The first-order chi connectivity index (χ1) is 9.69.